The first-order valence-corrected chi connectivity index (χ1v) is 8.43. The van der Waals surface area contributed by atoms with Gasteiger partial charge in [-0.2, -0.15) is 13.2 Å². The quantitative estimate of drug-likeness (QED) is 0.388. The molecule has 152 valence electrons. The largest absolute Gasteiger partial charge is 0.465 e. The highest BCUT2D eigenvalue weighted by Gasteiger charge is 2.44. The first-order chi connectivity index (χ1) is 12.2. The van der Waals surface area contributed by atoms with Gasteiger partial charge in [0.1, 0.15) is 16.8 Å². The summed E-state index contributed by atoms with van der Waals surface area (Å²) in [5, 5.41) is 0. The van der Waals surface area contributed by atoms with E-state index in [1.54, 1.807) is 20.8 Å². The molecule has 0 amide bonds. The number of alkyl halides is 5. The van der Waals surface area contributed by atoms with Gasteiger partial charge in [0.25, 0.3) is 6.43 Å². The summed E-state index contributed by atoms with van der Waals surface area (Å²) in [4.78, 5) is 26.7. The average molecular weight is 415 g/mol. The summed E-state index contributed by atoms with van der Waals surface area (Å²) in [5.41, 5.74) is -5.22. The first-order valence-electron chi connectivity index (χ1n) is 7.62. The van der Waals surface area contributed by atoms with Crippen LogP contribution in [0.4, 0.5) is 22.0 Å². The zero-order valence-corrected chi connectivity index (χ0v) is 16.0. The van der Waals surface area contributed by atoms with Crippen molar-refractivity contribution in [2.24, 2.45) is 0 Å². The summed E-state index contributed by atoms with van der Waals surface area (Å²) in [5.74, 6) is -2.75. The van der Waals surface area contributed by atoms with Gasteiger partial charge in [-0.3, -0.25) is 0 Å². The Morgan fingerprint density at radius 2 is 1.67 bits per heavy atom. The highest BCUT2D eigenvalue weighted by Crippen LogP contribution is 2.44. The summed E-state index contributed by atoms with van der Waals surface area (Å²) in [6, 6.07) is 0. The minimum absolute atomic E-state index is 0.264. The van der Waals surface area contributed by atoms with Crippen LogP contribution in [0.3, 0.4) is 0 Å². The molecule has 1 aromatic rings. The fourth-order valence-corrected chi connectivity index (χ4v) is 3.23. The van der Waals surface area contributed by atoms with E-state index in [9.17, 15) is 31.5 Å². The van der Waals surface area contributed by atoms with Crippen LogP contribution >= 0.6 is 11.8 Å². The van der Waals surface area contributed by atoms with E-state index in [2.05, 4.69) is 14.5 Å². The van der Waals surface area contributed by atoms with E-state index in [-0.39, 0.29) is 6.61 Å². The van der Waals surface area contributed by atoms with Crippen LogP contribution in [-0.4, -0.2) is 35.4 Å². The number of hydrogen-bond acceptors (Lipinski definition) is 6. The second-order valence-corrected chi connectivity index (χ2v) is 7.99. The van der Waals surface area contributed by atoms with E-state index >= 15 is 0 Å². The maximum atomic E-state index is 13.5. The third-order valence-corrected chi connectivity index (χ3v) is 4.16. The van der Waals surface area contributed by atoms with Crippen molar-refractivity contribution in [1.29, 1.82) is 0 Å². The monoisotopic (exact) mass is 415 g/mol. The van der Waals surface area contributed by atoms with Crippen LogP contribution in [0.5, 0.6) is 0 Å². The number of hydrogen-bond donors (Lipinski definition) is 0. The number of nitrogens with zero attached hydrogens (tertiary/aromatic N) is 1. The molecule has 0 atom stereocenters. The average Bonchev–Trinajstić information content (AvgIpc) is 2.50. The molecule has 27 heavy (non-hydrogen) atoms. The lowest BCUT2D eigenvalue weighted by molar-refractivity contribution is -0.142. The van der Waals surface area contributed by atoms with E-state index in [1.807, 2.05) is 0 Å². The minimum atomic E-state index is -5.23. The molecule has 0 aliphatic rings. The zero-order chi connectivity index (χ0) is 21.2. The van der Waals surface area contributed by atoms with Crippen molar-refractivity contribution in [2.75, 3.05) is 13.7 Å². The molecule has 1 aromatic heterocycles. The molecular formula is C16H18F5NO4S. The van der Waals surface area contributed by atoms with Crippen LogP contribution in [0.15, 0.2) is 4.90 Å². The number of methoxy groups -OCH3 is 1. The molecule has 0 spiro atoms. The molecule has 0 aromatic carbocycles. The summed E-state index contributed by atoms with van der Waals surface area (Å²) < 4.78 is 75.5. The Morgan fingerprint density at radius 3 is 2.04 bits per heavy atom. The van der Waals surface area contributed by atoms with Crippen molar-refractivity contribution in [3.63, 3.8) is 0 Å². The van der Waals surface area contributed by atoms with E-state index in [1.165, 1.54) is 6.92 Å². The molecular weight excluding hydrogens is 397 g/mol. The summed E-state index contributed by atoms with van der Waals surface area (Å²) in [6.45, 7) is 5.82. The second kappa shape index (κ2) is 8.41. The van der Waals surface area contributed by atoms with E-state index in [0.29, 0.717) is 11.8 Å². The van der Waals surface area contributed by atoms with Gasteiger partial charge in [-0.05, 0) is 6.92 Å². The van der Waals surface area contributed by atoms with Gasteiger partial charge in [0.15, 0.2) is 5.69 Å². The van der Waals surface area contributed by atoms with Gasteiger partial charge in [0, 0.05) is 9.64 Å². The molecule has 0 saturated heterocycles. The number of carbonyl (C=O) groups is 2. The maximum absolute atomic E-state index is 13.5. The van der Waals surface area contributed by atoms with Crippen LogP contribution in [0, 0.1) is 0 Å². The molecule has 11 heteroatoms. The summed E-state index contributed by atoms with van der Waals surface area (Å²) in [7, 11) is 0.880. The number of pyridine rings is 1. The standard InChI is InChI=1S/C16H18F5NO4S/c1-6-26-14(24)8-10(27-15(2,3)4)7(13(23)25-5)9(12(17)18)22-11(8)16(19,20)21/h12H,6H2,1-5H3. The third kappa shape index (κ3) is 5.53. The van der Waals surface area contributed by atoms with Gasteiger partial charge >= 0.3 is 18.1 Å². The van der Waals surface area contributed by atoms with Crippen molar-refractivity contribution < 1.29 is 41.0 Å². The van der Waals surface area contributed by atoms with Crippen molar-refractivity contribution in [1.82, 2.24) is 4.98 Å². The minimum Gasteiger partial charge on any atom is -0.465 e. The second-order valence-electron chi connectivity index (χ2n) is 6.15. The van der Waals surface area contributed by atoms with Gasteiger partial charge in [-0.15, -0.1) is 11.8 Å². The Hall–Kier alpha value is -1.91. The molecule has 0 aliphatic carbocycles. The molecule has 1 heterocycles. The third-order valence-electron chi connectivity index (χ3n) is 2.93. The molecule has 0 fully saturated rings. The number of aromatic nitrogens is 1. The number of thioether (sulfide) groups is 1. The zero-order valence-electron chi connectivity index (χ0n) is 15.2. The molecule has 0 radical (unpaired) electrons. The fraction of sp³-hybridized carbons (Fsp3) is 0.562. The Labute approximate surface area is 156 Å². The Kier molecular flexibility index (Phi) is 7.20. The molecule has 5 nitrogen and oxygen atoms in total. The molecule has 0 unspecified atom stereocenters. The Bertz CT molecular complexity index is 729. The van der Waals surface area contributed by atoms with Gasteiger partial charge in [0.05, 0.1) is 13.7 Å². The molecule has 0 bridgehead atoms. The number of ether oxygens (including phenoxy) is 2. The van der Waals surface area contributed by atoms with E-state index in [0.717, 1.165) is 7.11 Å². The van der Waals surface area contributed by atoms with Crippen molar-refractivity contribution in [3.8, 4) is 0 Å². The lowest BCUT2D eigenvalue weighted by atomic mass is 10.1. The van der Waals surface area contributed by atoms with Crippen molar-refractivity contribution in [3.05, 3.63) is 22.5 Å². The summed E-state index contributed by atoms with van der Waals surface area (Å²) in [6.07, 6.45) is -8.73. The van der Waals surface area contributed by atoms with Crippen LogP contribution in [-0.2, 0) is 15.7 Å². The van der Waals surface area contributed by atoms with Crippen molar-refractivity contribution in [2.45, 2.75) is 49.9 Å². The van der Waals surface area contributed by atoms with Gasteiger partial charge in [-0.1, -0.05) is 20.8 Å². The number of halogens is 5. The predicted molar refractivity (Wildman–Crippen MR) is 87.1 cm³/mol. The lowest BCUT2D eigenvalue weighted by Crippen LogP contribution is -2.25. The number of carbonyl (C=O) groups excluding carboxylic acids is 2. The molecule has 0 aliphatic heterocycles. The Morgan fingerprint density at radius 1 is 1.11 bits per heavy atom. The molecule has 0 N–H and O–H groups in total. The first kappa shape index (κ1) is 23.1. The number of rotatable bonds is 5. The van der Waals surface area contributed by atoms with Crippen LogP contribution in [0.25, 0.3) is 0 Å². The fourth-order valence-electron chi connectivity index (χ4n) is 2.04. The van der Waals surface area contributed by atoms with Crippen molar-refractivity contribution >= 4 is 23.7 Å². The lowest BCUT2D eigenvalue weighted by Gasteiger charge is -2.24. The highest BCUT2D eigenvalue weighted by molar-refractivity contribution is 8.00. The normalized spacial score (nSPS) is 12.3. The SMILES string of the molecule is CCOC(=O)c1c(C(F)(F)F)nc(C(F)F)c(C(=O)OC)c1SC(C)(C)C. The topological polar surface area (TPSA) is 65.5 Å². The highest BCUT2D eigenvalue weighted by atomic mass is 32.2. The van der Waals surface area contributed by atoms with Gasteiger partial charge < -0.3 is 9.47 Å². The van der Waals surface area contributed by atoms with E-state index in [4.69, 9.17) is 0 Å². The van der Waals surface area contributed by atoms with Gasteiger partial charge in [0.2, 0.25) is 0 Å². The van der Waals surface area contributed by atoms with Crippen LogP contribution in [0.1, 0.15) is 66.2 Å². The Balaban J connectivity index is 4.09. The van der Waals surface area contributed by atoms with Crippen LogP contribution in [0.2, 0.25) is 0 Å². The molecule has 0 saturated carbocycles. The van der Waals surface area contributed by atoms with E-state index < -0.39 is 56.7 Å². The van der Waals surface area contributed by atoms with Crippen LogP contribution < -0.4 is 0 Å². The maximum Gasteiger partial charge on any atom is 0.434 e. The smallest absolute Gasteiger partial charge is 0.434 e. The summed E-state index contributed by atoms with van der Waals surface area (Å²) >= 11 is 0.639. The number of esters is 2. The molecule has 1 rings (SSSR count). The van der Waals surface area contributed by atoms with Gasteiger partial charge in [-0.25, -0.2) is 23.4 Å². The predicted octanol–water partition coefficient (Wildman–Crippen LogP) is 4.89.